The fraction of sp³-hybridized carbons (Fsp3) is 0.500. The van der Waals surface area contributed by atoms with Gasteiger partial charge in [-0.3, -0.25) is 4.79 Å². The van der Waals surface area contributed by atoms with E-state index in [2.05, 4.69) is 18.9 Å². The third-order valence-electron chi connectivity index (χ3n) is 4.50. The number of ether oxygens (including phenoxy) is 1. The van der Waals surface area contributed by atoms with Crippen LogP contribution in [0.25, 0.3) is 0 Å². The number of nitrogens with zero attached hydrogens (tertiary/aromatic N) is 2. The number of ketones is 1. The Morgan fingerprint density at radius 3 is 2.33 bits per heavy atom. The Balaban J connectivity index is 2.61. The number of aryl methyl sites for hydroxylation is 1. The lowest BCUT2D eigenvalue weighted by molar-refractivity contribution is 0.103. The van der Waals surface area contributed by atoms with Gasteiger partial charge in [0, 0.05) is 18.4 Å². The molecule has 148 valence electrons. The first-order valence-corrected chi connectivity index (χ1v) is 10.9. The minimum atomic E-state index is -3.37. The van der Waals surface area contributed by atoms with E-state index in [1.165, 1.54) is 12.5 Å². The van der Waals surface area contributed by atoms with Crippen molar-refractivity contribution in [1.29, 1.82) is 0 Å². The highest BCUT2D eigenvalue weighted by Crippen LogP contribution is 2.30. The Hall–Kier alpha value is -2.15. The van der Waals surface area contributed by atoms with Crippen LogP contribution in [0.1, 0.15) is 53.4 Å². The largest absolute Gasteiger partial charge is 0.478 e. The van der Waals surface area contributed by atoms with E-state index in [4.69, 9.17) is 4.74 Å². The van der Waals surface area contributed by atoms with Gasteiger partial charge in [-0.1, -0.05) is 13.8 Å². The van der Waals surface area contributed by atoms with Crippen molar-refractivity contribution in [3.05, 3.63) is 40.1 Å². The summed E-state index contributed by atoms with van der Waals surface area (Å²) < 4.78 is 31.6. The van der Waals surface area contributed by atoms with Crippen LogP contribution >= 0.6 is 0 Å². The highest BCUT2D eigenvalue weighted by atomic mass is 32.2. The molecular weight excluding hydrogens is 364 g/mol. The lowest BCUT2D eigenvalue weighted by atomic mass is 9.95. The molecule has 0 atom stereocenters. The average Bonchev–Trinajstić information content (AvgIpc) is 2.91. The zero-order valence-electron chi connectivity index (χ0n) is 17.1. The zero-order chi connectivity index (χ0) is 20.5. The molecule has 0 unspecified atom stereocenters. The van der Waals surface area contributed by atoms with Gasteiger partial charge in [-0.05, 0) is 56.4 Å². The van der Waals surface area contributed by atoms with Gasteiger partial charge in [0.05, 0.1) is 17.7 Å². The van der Waals surface area contributed by atoms with Crippen LogP contribution in [0.3, 0.4) is 0 Å². The van der Waals surface area contributed by atoms with Crippen LogP contribution in [0.15, 0.2) is 17.2 Å². The van der Waals surface area contributed by atoms with Crippen molar-refractivity contribution >= 4 is 15.6 Å². The lowest BCUT2D eigenvalue weighted by Crippen LogP contribution is -2.13. The van der Waals surface area contributed by atoms with Gasteiger partial charge in [0.2, 0.25) is 5.88 Å². The summed E-state index contributed by atoms with van der Waals surface area (Å²) in [5, 5.41) is 4.33. The smallest absolute Gasteiger partial charge is 0.223 e. The predicted octanol–water partition coefficient (Wildman–Crippen LogP) is 3.50. The monoisotopic (exact) mass is 392 g/mol. The number of hydrogen-bond acceptors (Lipinski definition) is 5. The molecule has 0 aliphatic rings. The molecule has 0 saturated carbocycles. The van der Waals surface area contributed by atoms with Crippen LogP contribution in [0.2, 0.25) is 0 Å². The summed E-state index contributed by atoms with van der Waals surface area (Å²) in [4.78, 5) is 13.5. The van der Waals surface area contributed by atoms with Crippen molar-refractivity contribution in [2.24, 2.45) is 5.92 Å². The number of benzene rings is 1. The van der Waals surface area contributed by atoms with Crippen LogP contribution in [0.4, 0.5) is 0 Å². The van der Waals surface area contributed by atoms with Crippen LogP contribution in [0.5, 0.6) is 5.88 Å². The Labute approximate surface area is 161 Å². The maximum absolute atomic E-state index is 13.2. The summed E-state index contributed by atoms with van der Waals surface area (Å²) >= 11 is 0. The highest BCUT2D eigenvalue weighted by molar-refractivity contribution is 7.90. The van der Waals surface area contributed by atoms with E-state index < -0.39 is 9.84 Å². The Morgan fingerprint density at radius 2 is 1.81 bits per heavy atom. The number of carbonyl (C=O) groups is 1. The average molecular weight is 393 g/mol. The second kappa shape index (κ2) is 7.84. The molecule has 6 nitrogen and oxygen atoms in total. The molecule has 0 bridgehead atoms. The Kier molecular flexibility index (Phi) is 6.14. The number of aromatic nitrogens is 2. The molecule has 7 heteroatoms. The van der Waals surface area contributed by atoms with Crippen molar-refractivity contribution in [3.63, 3.8) is 0 Å². The molecule has 0 aliphatic heterocycles. The van der Waals surface area contributed by atoms with E-state index >= 15 is 0 Å². The summed E-state index contributed by atoms with van der Waals surface area (Å²) in [5.41, 5.74) is 2.70. The van der Waals surface area contributed by atoms with E-state index in [1.807, 2.05) is 6.92 Å². The van der Waals surface area contributed by atoms with Gasteiger partial charge >= 0.3 is 0 Å². The molecule has 0 radical (unpaired) electrons. The molecule has 0 amide bonds. The summed E-state index contributed by atoms with van der Waals surface area (Å²) in [6, 6.07) is 1.65. The predicted molar refractivity (Wildman–Crippen MR) is 105 cm³/mol. The van der Waals surface area contributed by atoms with Crippen molar-refractivity contribution in [2.45, 2.75) is 53.0 Å². The molecule has 2 aromatic rings. The summed E-state index contributed by atoms with van der Waals surface area (Å²) in [6.45, 7) is 12.3. The molecule has 0 aliphatic carbocycles. The third-order valence-corrected chi connectivity index (χ3v) is 5.87. The van der Waals surface area contributed by atoms with Crippen molar-refractivity contribution in [1.82, 2.24) is 9.78 Å². The molecule has 27 heavy (non-hydrogen) atoms. The first-order valence-electron chi connectivity index (χ1n) is 9.03. The molecule has 1 aromatic heterocycles. The first-order chi connectivity index (χ1) is 12.5. The Bertz CT molecular complexity index is 972. The van der Waals surface area contributed by atoms with Gasteiger partial charge in [-0.25, -0.2) is 13.1 Å². The quantitative estimate of drug-likeness (QED) is 0.674. The SMILES string of the molecule is CCOc1c(C(=O)c2cc(C)c(S(C)(=O)=O)c(C)c2C)cnn1CC(C)C. The normalized spacial score (nSPS) is 11.9. The maximum Gasteiger partial charge on any atom is 0.223 e. The van der Waals surface area contributed by atoms with Crippen LogP contribution < -0.4 is 4.74 Å². The van der Waals surface area contributed by atoms with Gasteiger partial charge in [0.25, 0.3) is 0 Å². The zero-order valence-corrected chi connectivity index (χ0v) is 17.9. The second-order valence-corrected chi connectivity index (χ2v) is 9.25. The minimum absolute atomic E-state index is 0.211. The van der Waals surface area contributed by atoms with E-state index in [1.54, 1.807) is 31.5 Å². The number of sulfone groups is 1. The second-order valence-electron chi connectivity index (χ2n) is 7.29. The molecule has 1 aromatic carbocycles. The van der Waals surface area contributed by atoms with Crippen LogP contribution in [0, 0.1) is 26.7 Å². The van der Waals surface area contributed by atoms with Crippen molar-refractivity contribution < 1.29 is 17.9 Å². The van der Waals surface area contributed by atoms with E-state index in [9.17, 15) is 13.2 Å². The topological polar surface area (TPSA) is 78.3 Å². The standard InChI is InChI=1S/C20H28N2O4S/c1-8-26-20-17(10-21-22(20)11-12(2)3)18(23)16-9-13(4)19(27(7,24)25)15(6)14(16)5/h9-10,12H,8,11H2,1-7H3. The highest BCUT2D eigenvalue weighted by Gasteiger charge is 2.25. The number of hydrogen-bond donors (Lipinski definition) is 0. The third kappa shape index (κ3) is 4.24. The number of rotatable bonds is 7. The summed E-state index contributed by atoms with van der Waals surface area (Å²) in [6.07, 6.45) is 2.72. The molecule has 1 heterocycles. The van der Waals surface area contributed by atoms with Gasteiger partial charge in [-0.2, -0.15) is 5.10 Å². The van der Waals surface area contributed by atoms with Crippen molar-refractivity contribution in [3.8, 4) is 5.88 Å². The molecule has 2 rings (SSSR count). The van der Waals surface area contributed by atoms with E-state index in [-0.39, 0.29) is 10.7 Å². The fourth-order valence-electron chi connectivity index (χ4n) is 3.30. The van der Waals surface area contributed by atoms with Gasteiger partial charge in [0.1, 0.15) is 5.56 Å². The van der Waals surface area contributed by atoms with Gasteiger partial charge in [-0.15, -0.1) is 0 Å². The molecule has 0 fully saturated rings. The van der Waals surface area contributed by atoms with E-state index in [0.717, 1.165) is 0 Å². The molecule has 0 N–H and O–H groups in total. The van der Waals surface area contributed by atoms with Crippen LogP contribution in [-0.4, -0.2) is 36.8 Å². The Morgan fingerprint density at radius 1 is 1.19 bits per heavy atom. The van der Waals surface area contributed by atoms with E-state index in [0.29, 0.717) is 52.8 Å². The molecule has 0 saturated heterocycles. The summed E-state index contributed by atoms with van der Waals surface area (Å²) in [5.74, 6) is 0.600. The minimum Gasteiger partial charge on any atom is -0.478 e. The number of carbonyl (C=O) groups excluding carboxylic acids is 1. The maximum atomic E-state index is 13.2. The van der Waals surface area contributed by atoms with Gasteiger partial charge < -0.3 is 4.74 Å². The van der Waals surface area contributed by atoms with Crippen LogP contribution in [-0.2, 0) is 16.4 Å². The lowest BCUT2D eigenvalue weighted by Gasteiger charge is -2.15. The summed E-state index contributed by atoms with van der Waals surface area (Å²) in [7, 11) is -3.37. The molecule has 0 spiro atoms. The first kappa shape index (κ1) is 21.2. The molecular formula is C20H28N2O4S. The van der Waals surface area contributed by atoms with Gasteiger partial charge in [0.15, 0.2) is 15.6 Å². The fourth-order valence-corrected chi connectivity index (χ4v) is 4.66. The van der Waals surface area contributed by atoms with Crippen molar-refractivity contribution in [2.75, 3.05) is 12.9 Å².